The van der Waals surface area contributed by atoms with Crippen LogP contribution in [0.25, 0.3) is 0 Å². The third kappa shape index (κ3) is 4.35. The predicted molar refractivity (Wildman–Crippen MR) is 130 cm³/mol. The zero-order valence-corrected chi connectivity index (χ0v) is 20.0. The predicted octanol–water partition coefficient (Wildman–Crippen LogP) is 5.47. The summed E-state index contributed by atoms with van der Waals surface area (Å²) in [7, 11) is 0. The SMILES string of the molecule is Cc1ccccc1C(=O)N(CC(=O)N1CCc2sccc2C1c1ccccc1)C(C)(C)C. The lowest BCUT2D eigenvalue weighted by Gasteiger charge is -2.40. The van der Waals surface area contributed by atoms with Crippen molar-refractivity contribution in [2.24, 2.45) is 0 Å². The summed E-state index contributed by atoms with van der Waals surface area (Å²) in [5, 5.41) is 2.11. The quantitative estimate of drug-likeness (QED) is 0.533. The molecule has 2 aromatic carbocycles. The molecule has 166 valence electrons. The molecule has 32 heavy (non-hydrogen) atoms. The van der Waals surface area contributed by atoms with Crippen LogP contribution < -0.4 is 0 Å². The molecule has 2 heterocycles. The van der Waals surface area contributed by atoms with Gasteiger partial charge in [-0.05, 0) is 68.3 Å². The molecule has 0 bridgehead atoms. The second-order valence-corrected chi connectivity index (χ2v) is 10.3. The number of rotatable bonds is 4. The van der Waals surface area contributed by atoms with Crippen molar-refractivity contribution in [3.05, 3.63) is 93.2 Å². The smallest absolute Gasteiger partial charge is 0.255 e. The van der Waals surface area contributed by atoms with Crippen molar-refractivity contribution in [3.8, 4) is 0 Å². The van der Waals surface area contributed by atoms with Crippen molar-refractivity contribution in [2.45, 2.75) is 45.7 Å². The molecule has 1 aliphatic heterocycles. The molecule has 4 rings (SSSR count). The van der Waals surface area contributed by atoms with Gasteiger partial charge < -0.3 is 9.80 Å². The minimum Gasteiger partial charge on any atom is -0.330 e. The normalized spacial score (nSPS) is 15.9. The molecule has 0 saturated heterocycles. The average molecular weight is 447 g/mol. The van der Waals surface area contributed by atoms with Gasteiger partial charge in [0.2, 0.25) is 5.91 Å². The maximum Gasteiger partial charge on any atom is 0.255 e. The summed E-state index contributed by atoms with van der Waals surface area (Å²) in [6.07, 6.45) is 0.851. The van der Waals surface area contributed by atoms with E-state index in [1.54, 1.807) is 16.2 Å². The molecule has 1 unspecified atom stereocenters. The minimum absolute atomic E-state index is 0.0208. The second-order valence-electron chi connectivity index (χ2n) is 9.33. The summed E-state index contributed by atoms with van der Waals surface area (Å²) in [6.45, 7) is 8.60. The van der Waals surface area contributed by atoms with Crippen molar-refractivity contribution >= 4 is 23.2 Å². The number of nitrogens with zero attached hydrogens (tertiary/aromatic N) is 2. The van der Waals surface area contributed by atoms with Gasteiger partial charge in [-0.1, -0.05) is 48.5 Å². The van der Waals surface area contributed by atoms with Gasteiger partial charge in [-0.2, -0.15) is 0 Å². The Morgan fingerprint density at radius 3 is 2.41 bits per heavy atom. The highest BCUT2D eigenvalue weighted by Crippen LogP contribution is 2.38. The number of benzene rings is 2. The number of thiophene rings is 1. The van der Waals surface area contributed by atoms with E-state index < -0.39 is 5.54 Å². The molecule has 4 nitrogen and oxygen atoms in total. The Kier molecular flexibility index (Phi) is 6.20. The fourth-order valence-electron chi connectivity index (χ4n) is 4.38. The van der Waals surface area contributed by atoms with E-state index in [1.807, 2.05) is 75.1 Å². The van der Waals surface area contributed by atoms with Crippen molar-refractivity contribution in [3.63, 3.8) is 0 Å². The summed E-state index contributed by atoms with van der Waals surface area (Å²) < 4.78 is 0. The van der Waals surface area contributed by atoms with Crippen LogP contribution in [0.15, 0.2) is 66.0 Å². The van der Waals surface area contributed by atoms with Crippen LogP contribution in [0.2, 0.25) is 0 Å². The molecule has 3 aromatic rings. The topological polar surface area (TPSA) is 40.6 Å². The van der Waals surface area contributed by atoms with Crippen molar-refractivity contribution < 1.29 is 9.59 Å². The molecule has 0 fully saturated rings. The van der Waals surface area contributed by atoms with Crippen LogP contribution in [0.1, 0.15) is 58.7 Å². The highest BCUT2D eigenvalue weighted by Gasteiger charge is 2.36. The van der Waals surface area contributed by atoms with Gasteiger partial charge in [0.25, 0.3) is 5.91 Å². The molecule has 0 saturated carbocycles. The van der Waals surface area contributed by atoms with E-state index >= 15 is 0 Å². The number of hydrogen-bond acceptors (Lipinski definition) is 3. The molecular formula is C27H30N2O2S. The molecule has 0 radical (unpaired) electrons. The Morgan fingerprint density at radius 1 is 1.03 bits per heavy atom. The van der Waals surface area contributed by atoms with Gasteiger partial charge in [0.1, 0.15) is 6.54 Å². The van der Waals surface area contributed by atoms with E-state index in [9.17, 15) is 9.59 Å². The first kappa shape index (κ1) is 22.3. The number of carbonyl (C=O) groups is 2. The molecule has 2 amide bonds. The summed E-state index contributed by atoms with van der Waals surface area (Å²) in [5.74, 6) is -0.124. The van der Waals surface area contributed by atoms with E-state index in [0.717, 1.165) is 17.5 Å². The van der Waals surface area contributed by atoms with Gasteiger partial charge in [0.05, 0.1) is 6.04 Å². The third-order valence-electron chi connectivity index (χ3n) is 6.13. The van der Waals surface area contributed by atoms with Crippen LogP contribution in [0.4, 0.5) is 0 Å². The van der Waals surface area contributed by atoms with Crippen LogP contribution in [0.3, 0.4) is 0 Å². The van der Waals surface area contributed by atoms with Crippen LogP contribution >= 0.6 is 11.3 Å². The monoisotopic (exact) mass is 446 g/mol. The first-order valence-electron chi connectivity index (χ1n) is 11.1. The molecule has 1 aromatic heterocycles. The van der Waals surface area contributed by atoms with Gasteiger partial charge in [-0.3, -0.25) is 9.59 Å². The van der Waals surface area contributed by atoms with Crippen LogP contribution in [0.5, 0.6) is 0 Å². The van der Waals surface area contributed by atoms with E-state index in [1.165, 1.54) is 10.4 Å². The number of fused-ring (bicyclic) bond motifs is 1. The fraction of sp³-hybridized carbons (Fsp3) is 0.333. The van der Waals surface area contributed by atoms with Crippen LogP contribution in [0, 0.1) is 6.92 Å². The Balaban J connectivity index is 1.66. The Hall–Kier alpha value is -2.92. The van der Waals surface area contributed by atoms with E-state index in [-0.39, 0.29) is 24.4 Å². The molecule has 0 aliphatic carbocycles. The van der Waals surface area contributed by atoms with Crippen molar-refractivity contribution in [1.29, 1.82) is 0 Å². The van der Waals surface area contributed by atoms with Gasteiger partial charge >= 0.3 is 0 Å². The van der Waals surface area contributed by atoms with Gasteiger partial charge in [0, 0.05) is 22.5 Å². The molecule has 1 atom stereocenters. The van der Waals surface area contributed by atoms with Crippen molar-refractivity contribution in [1.82, 2.24) is 9.80 Å². The molecule has 5 heteroatoms. The lowest BCUT2D eigenvalue weighted by molar-refractivity contribution is -0.135. The first-order chi connectivity index (χ1) is 15.3. The first-order valence-corrected chi connectivity index (χ1v) is 11.9. The Labute approximate surface area is 194 Å². The van der Waals surface area contributed by atoms with Gasteiger partial charge in [0.15, 0.2) is 0 Å². The highest BCUT2D eigenvalue weighted by atomic mass is 32.1. The maximum atomic E-state index is 13.7. The van der Waals surface area contributed by atoms with E-state index in [2.05, 4.69) is 23.6 Å². The second kappa shape index (κ2) is 8.91. The fourth-order valence-corrected chi connectivity index (χ4v) is 5.28. The standard InChI is InChI=1S/C27H30N2O2S/c1-19-10-8-9-13-21(19)26(31)29(27(2,3)4)18-24(30)28-16-14-23-22(15-17-32-23)25(28)20-11-6-5-7-12-20/h5-13,15,17,25H,14,16,18H2,1-4H3. The van der Waals surface area contributed by atoms with E-state index in [4.69, 9.17) is 0 Å². The molecule has 0 N–H and O–H groups in total. The summed E-state index contributed by atoms with van der Waals surface area (Å²) in [5.41, 5.74) is 3.39. The number of aryl methyl sites for hydroxylation is 1. The van der Waals surface area contributed by atoms with E-state index in [0.29, 0.717) is 12.1 Å². The number of carbonyl (C=O) groups excluding carboxylic acids is 2. The largest absolute Gasteiger partial charge is 0.330 e. The summed E-state index contributed by atoms with van der Waals surface area (Å²) >= 11 is 1.76. The summed E-state index contributed by atoms with van der Waals surface area (Å²) in [4.78, 5) is 32.2. The third-order valence-corrected chi connectivity index (χ3v) is 7.12. The molecular weight excluding hydrogens is 416 g/mol. The highest BCUT2D eigenvalue weighted by molar-refractivity contribution is 7.10. The lowest BCUT2D eigenvalue weighted by atomic mass is 9.93. The number of amides is 2. The van der Waals surface area contributed by atoms with Crippen LogP contribution in [-0.2, 0) is 11.2 Å². The molecule has 0 spiro atoms. The van der Waals surface area contributed by atoms with Crippen molar-refractivity contribution in [2.75, 3.05) is 13.1 Å². The maximum absolute atomic E-state index is 13.7. The molecule has 1 aliphatic rings. The Morgan fingerprint density at radius 2 is 1.72 bits per heavy atom. The summed E-state index contributed by atoms with van der Waals surface area (Å²) in [6, 6.07) is 19.8. The lowest BCUT2D eigenvalue weighted by Crippen LogP contribution is -2.52. The zero-order valence-electron chi connectivity index (χ0n) is 19.2. The van der Waals surface area contributed by atoms with Gasteiger partial charge in [-0.25, -0.2) is 0 Å². The Bertz CT molecular complexity index is 1110. The van der Waals surface area contributed by atoms with Crippen LogP contribution in [-0.4, -0.2) is 40.2 Å². The zero-order chi connectivity index (χ0) is 22.9. The minimum atomic E-state index is -0.486. The van der Waals surface area contributed by atoms with Gasteiger partial charge in [-0.15, -0.1) is 11.3 Å². The number of hydrogen-bond donors (Lipinski definition) is 0. The average Bonchev–Trinajstić information content (AvgIpc) is 3.25.